The zero-order valence-electron chi connectivity index (χ0n) is 16.9. The molecular weight excluding hydrogens is 436 g/mol. The van der Waals surface area contributed by atoms with Crippen LogP contribution >= 0.6 is 23.2 Å². The molecule has 2 aliphatic rings. The zero-order valence-corrected chi connectivity index (χ0v) is 18.4. The van der Waals surface area contributed by atoms with Crippen molar-refractivity contribution >= 4 is 29.1 Å². The summed E-state index contributed by atoms with van der Waals surface area (Å²) >= 11 is 13.2. The van der Waals surface area contributed by atoms with Gasteiger partial charge in [-0.05, 0) is 73.1 Å². The predicted octanol–water partition coefficient (Wildman–Crippen LogP) is 5.99. The fraction of sp³-hybridized carbons (Fsp3) is 0.333. The number of nitrogens with one attached hydrogen (secondary N) is 1. The summed E-state index contributed by atoms with van der Waals surface area (Å²) in [6.45, 7) is 0.738. The van der Waals surface area contributed by atoms with Gasteiger partial charge in [-0.3, -0.25) is 9.89 Å². The van der Waals surface area contributed by atoms with E-state index in [9.17, 15) is 9.18 Å². The minimum atomic E-state index is -0.289. The van der Waals surface area contributed by atoms with Gasteiger partial charge in [-0.1, -0.05) is 35.3 Å². The number of rotatable bonds is 4. The Balaban J connectivity index is 1.35. The molecule has 1 aliphatic carbocycles. The van der Waals surface area contributed by atoms with Gasteiger partial charge < -0.3 is 4.90 Å². The molecule has 0 spiro atoms. The highest BCUT2D eigenvalue weighted by atomic mass is 35.5. The van der Waals surface area contributed by atoms with Crippen LogP contribution in [0.25, 0.3) is 11.1 Å². The van der Waals surface area contributed by atoms with Crippen molar-refractivity contribution in [3.8, 4) is 11.1 Å². The smallest absolute Gasteiger partial charge is 0.226 e. The van der Waals surface area contributed by atoms with E-state index in [4.69, 9.17) is 23.2 Å². The molecular formula is C24H22Cl2FN3O. The number of H-pyrrole nitrogens is 1. The zero-order chi connectivity index (χ0) is 21.5. The first-order chi connectivity index (χ1) is 15.0. The number of carbonyl (C=O) groups is 1. The van der Waals surface area contributed by atoms with E-state index in [0.29, 0.717) is 16.5 Å². The Morgan fingerprint density at radius 2 is 1.84 bits per heavy atom. The van der Waals surface area contributed by atoms with E-state index in [1.54, 1.807) is 12.1 Å². The Bertz CT molecular complexity index is 1110. The SMILES string of the molecule is O=C1[C@H](Cc2c(Cl)cc(-c3ccc(F)cc3)cc2Cl)CCN1C1CCCc2[nH]ncc21. The summed E-state index contributed by atoms with van der Waals surface area (Å²) < 4.78 is 13.2. The lowest BCUT2D eigenvalue weighted by Gasteiger charge is -2.31. The molecule has 0 bridgehead atoms. The number of nitrogens with zero attached hydrogens (tertiary/aromatic N) is 2. The van der Waals surface area contributed by atoms with Crippen molar-refractivity contribution in [2.75, 3.05) is 6.54 Å². The molecule has 2 heterocycles. The lowest BCUT2D eigenvalue weighted by Crippen LogP contribution is -2.34. The molecule has 5 rings (SSSR count). The summed E-state index contributed by atoms with van der Waals surface area (Å²) in [7, 11) is 0. The molecule has 1 saturated heterocycles. The third-order valence-corrected chi connectivity index (χ3v) is 7.19. The molecule has 1 fully saturated rings. The quantitative estimate of drug-likeness (QED) is 0.522. The largest absolute Gasteiger partial charge is 0.335 e. The second kappa shape index (κ2) is 8.29. The van der Waals surface area contributed by atoms with Gasteiger partial charge in [-0.25, -0.2) is 4.39 Å². The van der Waals surface area contributed by atoms with Crippen LogP contribution in [0.5, 0.6) is 0 Å². The molecule has 0 radical (unpaired) electrons. The van der Waals surface area contributed by atoms with Crippen LogP contribution in [0, 0.1) is 11.7 Å². The van der Waals surface area contributed by atoms with Crippen LogP contribution in [0.4, 0.5) is 4.39 Å². The second-order valence-corrected chi connectivity index (χ2v) is 9.17. The first kappa shape index (κ1) is 20.5. The molecule has 31 heavy (non-hydrogen) atoms. The van der Waals surface area contributed by atoms with Gasteiger partial charge in [0.05, 0.1) is 12.2 Å². The molecule has 1 amide bonds. The standard InChI is InChI=1S/C24H22Cl2FN3O/c25-20-11-16(14-4-6-17(27)7-5-14)12-21(26)18(20)10-15-8-9-30(24(15)31)23-3-1-2-22-19(23)13-28-29-22/h4-7,11-13,15,23H,1-3,8-10H2,(H,28,29)/t15-,23?/m0/s1. The van der Waals surface area contributed by atoms with Crippen molar-refractivity contribution < 1.29 is 9.18 Å². The van der Waals surface area contributed by atoms with Crippen LogP contribution in [0.2, 0.25) is 10.0 Å². The van der Waals surface area contributed by atoms with Crippen LogP contribution in [0.3, 0.4) is 0 Å². The number of aromatic nitrogens is 2. The average Bonchev–Trinajstić information content (AvgIpc) is 3.38. The van der Waals surface area contributed by atoms with Gasteiger partial charge in [0.25, 0.3) is 0 Å². The van der Waals surface area contributed by atoms with E-state index in [1.165, 1.54) is 12.1 Å². The van der Waals surface area contributed by atoms with Gasteiger partial charge in [0.1, 0.15) is 5.82 Å². The van der Waals surface area contributed by atoms with Crippen LogP contribution in [-0.4, -0.2) is 27.5 Å². The van der Waals surface area contributed by atoms with E-state index in [0.717, 1.165) is 60.2 Å². The molecule has 1 N–H and O–H groups in total. The molecule has 1 aromatic heterocycles. The Labute approximate surface area is 190 Å². The van der Waals surface area contributed by atoms with E-state index < -0.39 is 0 Å². The van der Waals surface area contributed by atoms with Gasteiger partial charge in [-0.15, -0.1) is 0 Å². The summed E-state index contributed by atoms with van der Waals surface area (Å²) in [5, 5.41) is 8.32. The van der Waals surface area contributed by atoms with Crippen molar-refractivity contribution in [2.24, 2.45) is 5.92 Å². The third kappa shape index (κ3) is 3.85. The number of aryl methyl sites for hydroxylation is 1. The number of carbonyl (C=O) groups excluding carboxylic acids is 1. The highest BCUT2D eigenvalue weighted by molar-refractivity contribution is 6.36. The van der Waals surface area contributed by atoms with Crippen molar-refractivity contribution in [1.82, 2.24) is 15.1 Å². The lowest BCUT2D eigenvalue weighted by molar-refractivity contribution is -0.133. The molecule has 4 nitrogen and oxygen atoms in total. The summed E-state index contributed by atoms with van der Waals surface area (Å²) in [6, 6.07) is 10.00. The highest BCUT2D eigenvalue weighted by Crippen LogP contribution is 2.39. The van der Waals surface area contributed by atoms with Gasteiger partial charge in [0, 0.05) is 33.8 Å². The summed E-state index contributed by atoms with van der Waals surface area (Å²) in [5.41, 5.74) is 4.76. The molecule has 1 unspecified atom stereocenters. The molecule has 7 heteroatoms. The maximum atomic E-state index is 13.3. The Morgan fingerprint density at radius 1 is 1.10 bits per heavy atom. The average molecular weight is 458 g/mol. The first-order valence-electron chi connectivity index (χ1n) is 10.6. The Kier molecular flexibility index (Phi) is 5.49. The van der Waals surface area contributed by atoms with Crippen molar-refractivity contribution in [2.45, 2.75) is 38.1 Å². The number of benzene rings is 2. The van der Waals surface area contributed by atoms with E-state index in [1.807, 2.05) is 23.2 Å². The van der Waals surface area contributed by atoms with Crippen molar-refractivity contribution in [1.29, 1.82) is 0 Å². The monoisotopic (exact) mass is 457 g/mol. The summed E-state index contributed by atoms with van der Waals surface area (Å²) in [6.07, 6.45) is 6.18. The van der Waals surface area contributed by atoms with Gasteiger partial charge >= 0.3 is 0 Å². The van der Waals surface area contributed by atoms with Gasteiger partial charge in [0.15, 0.2) is 0 Å². The number of hydrogen-bond donors (Lipinski definition) is 1. The molecule has 1 aliphatic heterocycles. The lowest BCUT2D eigenvalue weighted by atomic mass is 9.91. The Morgan fingerprint density at radius 3 is 2.58 bits per heavy atom. The first-order valence-corrected chi connectivity index (χ1v) is 11.3. The normalized spacial score (nSPS) is 20.9. The topological polar surface area (TPSA) is 49.0 Å². The maximum Gasteiger partial charge on any atom is 0.226 e. The van der Waals surface area contributed by atoms with E-state index in [-0.39, 0.29) is 23.7 Å². The second-order valence-electron chi connectivity index (χ2n) is 8.36. The Hall–Kier alpha value is -2.37. The minimum Gasteiger partial charge on any atom is -0.335 e. The number of likely N-dealkylation sites (tertiary alicyclic amines) is 1. The minimum absolute atomic E-state index is 0.104. The van der Waals surface area contributed by atoms with Gasteiger partial charge in [0.2, 0.25) is 5.91 Å². The molecule has 0 saturated carbocycles. The molecule has 2 atom stereocenters. The number of hydrogen-bond acceptors (Lipinski definition) is 2. The van der Waals surface area contributed by atoms with Gasteiger partial charge in [-0.2, -0.15) is 5.10 Å². The van der Waals surface area contributed by atoms with Crippen molar-refractivity contribution in [3.63, 3.8) is 0 Å². The summed E-state index contributed by atoms with van der Waals surface area (Å²) in [5.74, 6) is -0.264. The fourth-order valence-corrected chi connectivity index (χ4v) is 5.52. The predicted molar refractivity (Wildman–Crippen MR) is 120 cm³/mol. The number of amides is 1. The molecule has 3 aromatic rings. The van der Waals surface area contributed by atoms with E-state index in [2.05, 4.69) is 10.2 Å². The van der Waals surface area contributed by atoms with Crippen LogP contribution in [0.15, 0.2) is 42.6 Å². The summed E-state index contributed by atoms with van der Waals surface area (Å²) in [4.78, 5) is 15.3. The highest BCUT2D eigenvalue weighted by Gasteiger charge is 2.39. The van der Waals surface area contributed by atoms with Crippen LogP contribution < -0.4 is 0 Å². The molecule has 160 valence electrons. The number of fused-ring (bicyclic) bond motifs is 1. The fourth-order valence-electron chi connectivity index (χ4n) is 4.88. The van der Waals surface area contributed by atoms with Crippen LogP contribution in [0.1, 0.15) is 42.1 Å². The van der Waals surface area contributed by atoms with Crippen molar-refractivity contribution in [3.05, 3.63) is 75.3 Å². The molecule has 2 aromatic carbocycles. The number of aromatic amines is 1. The van der Waals surface area contributed by atoms with Crippen LogP contribution in [-0.2, 0) is 17.6 Å². The third-order valence-electron chi connectivity index (χ3n) is 6.51. The maximum absolute atomic E-state index is 13.3. The van der Waals surface area contributed by atoms with E-state index >= 15 is 0 Å². The number of halogens is 3.